The van der Waals surface area contributed by atoms with E-state index in [1.54, 1.807) is 0 Å². The fourth-order valence-electron chi connectivity index (χ4n) is 2.04. The average Bonchev–Trinajstić information content (AvgIpc) is 2.40. The first-order chi connectivity index (χ1) is 9.43. The van der Waals surface area contributed by atoms with Crippen LogP contribution in [0.4, 0.5) is 8.78 Å². The Morgan fingerprint density at radius 1 is 1.40 bits per heavy atom. The van der Waals surface area contributed by atoms with Crippen molar-refractivity contribution in [3.05, 3.63) is 28.8 Å². The number of likely N-dealkylation sites (tertiary alicyclic amines) is 1. The second kappa shape index (κ2) is 5.97. The highest BCUT2D eigenvalue weighted by atomic mass is 35.5. The van der Waals surface area contributed by atoms with E-state index >= 15 is 0 Å². The van der Waals surface area contributed by atoms with Crippen molar-refractivity contribution >= 4 is 25.2 Å². The number of piperidine rings is 1. The molecule has 1 amide bonds. The molecule has 0 radical (unpaired) electrons. The van der Waals surface area contributed by atoms with Crippen molar-refractivity contribution < 1.29 is 23.3 Å². The lowest BCUT2D eigenvalue weighted by Gasteiger charge is -2.31. The lowest BCUT2D eigenvalue weighted by Crippen LogP contribution is -2.42. The first-order valence-corrected chi connectivity index (χ1v) is 6.51. The van der Waals surface area contributed by atoms with Crippen LogP contribution >= 0.6 is 11.6 Å². The SMILES string of the molecule is O=C(c1ccc(OBO)c(Cl)c1)N1CCC(F)(F)CC1. The van der Waals surface area contributed by atoms with Crippen molar-refractivity contribution in [1.82, 2.24) is 4.90 Å². The molecule has 0 aliphatic carbocycles. The second-order valence-electron chi connectivity index (χ2n) is 4.57. The molecule has 4 nitrogen and oxygen atoms in total. The van der Waals surface area contributed by atoms with Crippen molar-refractivity contribution in [3.8, 4) is 5.75 Å². The van der Waals surface area contributed by atoms with Crippen molar-refractivity contribution in [2.75, 3.05) is 13.1 Å². The number of nitrogens with zero attached hydrogens (tertiary/aromatic N) is 1. The van der Waals surface area contributed by atoms with E-state index < -0.39 is 13.6 Å². The van der Waals surface area contributed by atoms with Gasteiger partial charge < -0.3 is 14.6 Å². The highest BCUT2D eigenvalue weighted by Crippen LogP contribution is 2.30. The molecule has 1 saturated heterocycles. The predicted octanol–water partition coefficient (Wildman–Crippen LogP) is 1.85. The molecule has 0 bridgehead atoms. The molecule has 0 spiro atoms. The molecule has 1 aromatic rings. The van der Waals surface area contributed by atoms with Crippen LogP contribution in [0.1, 0.15) is 23.2 Å². The Labute approximate surface area is 120 Å². The zero-order chi connectivity index (χ0) is 14.8. The third-order valence-corrected chi connectivity index (χ3v) is 3.48. The molecule has 0 saturated carbocycles. The molecule has 108 valence electrons. The Morgan fingerprint density at radius 3 is 2.60 bits per heavy atom. The van der Waals surface area contributed by atoms with Crippen LogP contribution in [0.15, 0.2) is 18.2 Å². The summed E-state index contributed by atoms with van der Waals surface area (Å²) in [6.45, 7) is 0.0523. The largest absolute Gasteiger partial charge is 0.538 e. The third-order valence-electron chi connectivity index (χ3n) is 3.18. The highest BCUT2D eigenvalue weighted by molar-refractivity contribution is 6.33. The van der Waals surface area contributed by atoms with Gasteiger partial charge in [-0.3, -0.25) is 4.79 Å². The molecular formula is C12H13BClF2NO3. The number of rotatable bonds is 3. The summed E-state index contributed by atoms with van der Waals surface area (Å²) in [4.78, 5) is 13.5. The molecule has 1 fully saturated rings. The minimum absolute atomic E-state index is 0.0261. The Bertz CT molecular complexity index is 505. The third kappa shape index (κ3) is 3.40. The van der Waals surface area contributed by atoms with E-state index in [-0.39, 0.29) is 42.6 Å². The smallest absolute Gasteiger partial charge is 0.504 e. The lowest BCUT2D eigenvalue weighted by molar-refractivity contribution is -0.0494. The van der Waals surface area contributed by atoms with Gasteiger partial charge >= 0.3 is 7.69 Å². The summed E-state index contributed by atoms with van der Waals surface area (Å²) in [7, 11) is -0.520. The Balaban J connectivity index is 2.08. The van der Waals surface area contributed by atoms with Crippen LogP contribution in [-0.2, 0) is 0 Å². The molecule has 8 heteroatoms. The van der Waals surface area contributed by atoms with Crippen molar-refractivity contribution in [1.29, 1.82) is 0 Å². The maximum absolute atomic E-state index is 13.0. The van der Waals surface area contributed by atoms with Crippen LogP contribution in [0.3, 0.4) is 0 Å². The average molecular weight is 304 g/mol. The second-order valence-corrected chi connectivity index (χ2v) is 4.97. The van der Waals surface area contributed by atoms with Gasteiger partial charge in [0.15, 0.2) is 0 Å². The molecular weight excluding hydrogens is 290 g/mol. The Morgan fingerprint density at radius 2 is 2.05 bits per heavy atom. The van der Waals surface area contributed by atoms with Gasteiger partial charge in [0.2, 0.25) is 0 Å². The monoisotopic (exact) mass is 303 g/mol. The van der Waals surface area contributed by atoms with Crippen LogP contribution in [0.2, 0.25) is 5.02 Å². The fourth-order valence-corrected chi connectivity index (χ4v) is 2.28. The lowest BCUT2D eigenvalue weighted by atomic mass is 10.1. The summed E-state index contributed by atoms with van der Waals surface area (Å²) in [6.07, 6.45) is -0.643. The van der Waals surface area contributed by atoms with Gasteiger partial charge in [-0.2, -0.15) is 0 Å². The predicted molar refractivity (Wildman–Crippen MR) is 71.5 cm³/mol. The number of amides is 1. The van der Waals surface area contributed by atoms with E-state index in [1.165, 1.54) is 23.1 Å². The van der Waals surface area contributed by atoms with Crippen LogP contribution in [0.5, 0.6) is 5.75 Å². The summed E-state index contributed by atoms with van der Waals surface area (Å²) in [6, 6.07) is 4.36. The minimum atomic E-state index is -2.69. The Kier molecular flexibility index (Phi) is 4.50. The Hall–Kier alpha value is -1.34. The van der Waals surface area contributed by atoms with Crippen LogP contribution in [-0.4, -0.2) is 42.5 Å². The van der Waals surface area contributed by atoms with Crippen LogP contribution < -0.4 is 4.65 Å². The van der Waals surface area contributed by atoms with E-state index in [0.717, 1.165) is 0 Å². The number of alkyl halides is 2. The van der Waals surface area contributed by atoms with Gasteiger partial charge in [-0.1, -0.05) is 11.6 Å². The summed E-state index contributed by atoms with van der Waals surface area (Å²) >= 11 is 5.91. The van der Waals surface area contributed by atoms with Gasteiger partial charge in [-0.05, 0) is 18.2 Å². The molecule has 20 heavy (non-hydrogen) atoms. The molecule has 0 unspecified atom stereocenters. The molecule has 0 aromatic heterocycles. The summed E-state index contributed by atoms with van der Waals surface area (Å²) in [5.74, 6) is -2.76. The maximum Gasteiger partial charge on any atom is 0.504 e. The normalized spacial score (nSPS) is 17.7. The summed E-state index contributed by atoms with van der Waals surface area (Å²) < 4.78 is 30.9. The van der Waals surface area contributed by atoms with Crippen molar-refractivity contribution in [2.24, 2.45) is 0 Å². The number of hydrogen-bond acceptors (Lipinski definition) is 3. The molecule has 0 atom stereocenters. The van der Waals surface area contributed by atoms with Gasteiger partial charge in [-0.25, -0.2) is 8.78 Å². The zero-order valence-electron chi connectivity index (χ0n) is 10.6. The minimum Gasteiger partial charge on any atom is -0.538 e. The fraction of sp³-hybridized carbons (Fsp3) is 0.417. The molecule has 2 rings (SSSR count). The number of benzene rings is 1. The first kappa shape index (κ1) is 15.1. The maximum atomic E-state index is 13.0. The summed E-state index contributed by atoms with van der Waals surface area (Å²) in [5, 5.41) is 8.84. The van der Waals surface area contributed by atoms with Crippen molar-refractivity contribution in [3.63, 3.8) is 0 Å². The summed E-state index contributed by atoms with van der Waals surface area (Å²) in [5.41, 5.74) is 0.311. The van der Waals surface area contributed by atoms with Gasteiger partial charge in [0.05, 0.1) is 5.02 Å². The number of halogens is 3. The van der Waals surface area contributed by atoms with Gasteiger partial charge in [0, 0.05) is 31.5 Å². The van der Waals surface area contributed by atoms with E-state index in [0.29, 0.717) is 5.56 Å². The molecule has 1 aromatic carbocycles. The number of carbonyl (C=O) groups is 1. The topological polar surface area (TPSA) is 49.8 Å². The van der Waals surface area contributed by atoms with Gasteiger partial charge in [0.1, 0.15) is 5.75 Å². The quantitative estimate of drug-likeness (QED) is 0.867. The molecule has 1 heterocycles. The van der Waals surface area contributed by atoms with Gasteiger partial charge in [-0.15, -0.1) is 0 Å². The van der Waals surface area contributed by atoms with E-state index in [2.05, 4.69) is 0 Å². The standard InChI is InChI=1S/C12H13BClF2NO3/c14-9-7-8(1-2-10(9)20-13-19)11(18)17-5-3-12(15,16)4-6-17/h1-2,7,13,19H,3-6H2. The molecule has 1 aliphatic heterocycles. The molecule has 1 N–H and O–H groups in total. The van der Waals surface area contributed by atoms with E-state index in [4.69, 9.17) is 21.3 Å². The molecule has 1 aliphatic rings. The van der Waals surface area contributed by atoms with Crippen molar-refractivity contribution in [2.45, 2.75) is 18.8 Å². The van der Waals surface area contributed by atoms with Crippen LogP contribution in [0.25, 0.3) is 0 Å². The zero-order valence-corrected chi connectivity index (χ0v) is 11.4. The van der Waals surface area contributed by atoms with Crippen LogP contribution in [0, 0.1) is 0 Å². The van der Waals surface area contributed by atoms with E-state index in [9.17, 15) is 13.6 Å². The highest BCUT2D eigenvalue weighted by Gasteiger charge is 2.35. The first-order valence-electron chi connectivity index (χ1n) is 6.13. The van der Waals surface area contributed by atoms with Gasteiger partial charge in [0.25, 0.3) is 11.8 Å². The number of carbonyl (C=O) groups excluding carboxylic acids is 1. The number of hydrogen-bond donors (Lipinski definition) is 1. The van der Waals surface area contributed by atoms with E-state index in [1.807, 2.05) is 0 Å².